The molecule has 0 atom stereocenters. The Balaban J connectivity index is 0.00000261. The van der Waals surface area contributed by atoms with Crippen molar-refractivity contribution in [1.82, 2.24) is 14.3 Å². The fourth-order valence-electron chi connectivity index (χ4n) is 2.40. The van der Waals surface area contributed by atoms with Crippen LogP contribution in [-0.2, 0) is 13.2 Å². The SMILES string of the molecule is Cl.NC/C(=C\F)Cn1ncn(-c2ccc(OCc3ccccc3)cc2)c1=O. The van der Waals surface area contributed by atoms with E-state index in [9.17, 15) is 9.18 Å². The number of aromatic nitrogens is 3. The van der Waals surface area contributed by atoms with E-state index in [0.717, 1.165) is 10.2 Å². The van der Waals surface area contributed by atoms with Crippen LogP contribution in [0.2, 0.25) is 0 Å². The lowest BCUT2D eigenvalue weighted by Crippen LogP contribution is -2.25. The van der Waals surface area contributed by atoms with Gasteiger partial charge in [0, 0.05) is 6.54 Å². The molecule has 0 saturated carbocycles. The molecule has 0 amide bonds. The van der Waals surface area contributed by atoms with Crippen LogP contribution >= 0.6 is 12.4 Å². The van der Waals surface area contributed by atoms with E-state index in [0.29, 0.717) is 29.9 Å². The second kappa shape index (κ2) is 9.70. The fourth-order valence-corrected chi connectivity index (χ4v) is 2.40. The molecule has 0 radical (unpaired) electrons. The Bertz CT molecular complexity index is 936. The average molecular weight is 391 g/mol. The van der Waals surface area contributed by atoms with Crippen LogP contribution in [0.3, 0.4) is 0 Å². The molecular formula is C19H20ClFN4O2. The van der Waals surface area contributed by atoms with Crippen LogP contribution in [0.5, 0.6) is 5.75 Å². The van der Waals surface area contributed by atoms with E-state index < -0.39 is 0 Å². The minimum atomic E-state index is -0.365. The molecule has 6 nitrogen and oxygen atoms in total. The number of ether oxygens (including phenoxy) is 1. The molecule has 0 spiro atoms. The van der Waals surface area contributed by atoms with Gasteiger partial charge in [-0.3, -0.25) is 0 Å². The second-order valence-electron chi connectivity index (χ2n) is 5.68. The molecule has 0 aliphatic rings. The van der Waals surface area contributed by atoms with E-state index in [-0.39, 0.29) is 31.2 Å². The van der Waals surface area contributed by atoms with Gasteiger partial charge in [-0.15, -0.1) is 12.4 Å². The lowest BCUT2D eigenvalue weighted by molar-refractivity contribution is 0.306. The van der Waals surface area contributed by atoms with Crippen LogP contribution in [-0.4, -0.2) is 20.9 Å². The Kier molecular flexibility index (Phi) is 7.34. The van der Waals surface area contributed by atoms with E-state index in [1.165, 1.54) is 10.9 Å². The largest absolute Gasteiger partial charge is 0.489 e. The van der Waals surface area contributed by atoms with Crippen molar-refractivity contribution in [3.63, 3.8) is 0 Å². The first-order valence-electron chi connectivity index (χ1n) is 8.11. The van der Waals surface area contributed by atoms with Gasteiger partial charge in [-0.2, -0.15) is 5.10 Å². The number of rotatable bonds is 7. The molecular weight excluding hydrogens is 371 g/mol. The summed E-state index contributed by atoms with van der Waals surface area (Å²) in [4.78, 5) is 12.4. The number of hydrogen-bond donors (Lipinski definition) is 1. The molecule has 3 aromatic rings. The van der Waals surface area contributed by atoms with Crippen LogP contribution in [0.15, 0.2) is 77.6 Å². The van der Waals surface area contributed by atoms with Gasteiger partial charge in [0.15, 0.2) is 0 Å². The zero-order valence-electron chi connectivity index (χ0n) is 14.5. The first-order chi connectivity index (χ1) is 12.7. The smallest absolute Gasteiger partial charge is 0.350 e. The summed E-state index contributed by atoms with van der Waals surface area (Å²) in [7, 11) is 0. The molecule has 0 unspecified atom stereocenters. The highest BCUT2D eigenvalue weighted by Crippen LogP contribution is 2.16. The third kappa shape index (κ3) is 5.06. The van der Waals surface area contributed by atoms with Crippen LogP contribution in [0.1, 0.15) is 5.56 Å². The molecule has 27 heavy (non-hydrogen) atoms. The summed E-state index contributed by atoms with van der Waals surface area (Å²) in [5, 5.41) is 4.00. The minimum absolute atomic E-state index is 0. The molecule has 0 aliphatic carbocycles. The van der Waals surface area contributed by atoms with Crippen molar-refractivity contribution < 1.29 is 9.13 Å². The summed E-state index contributed by atoms with van der Waals surface area (Å²) in [5.74, 6) is 0.698. The predicted octanol–water partition coefficient (Wildman–Crippen LogP) is 2.85. The zero-order valence-corrected chi connectivity index (χ0v) is 15.3. The molecule has 142 valence electrons. The van der Waals surface area contributed by atoms with Gasteiger partial charge in [-0.25, -0.2) is 18.4 Å². The first-order valence-corrected chi connectivity index (χ1v) is 8.11. The van der Waals surface area contributed by atoms with Crippen LogP contribution < -0.4 is 16.2 Å². The van der Waals surface area contributed by atoms with E-state index in [1.54, 1.807) is 24.3 Å². The third-order valence-corrected chi connectivity index (χ3v) is 3.87. The van der Waals surface area contributed by atoms with Crippen molar-refractivity contribution >= 4 is 12.4 Å². The van der Waals surface area contributed by atoms with Crippen LogP contribution in [0, 0.1) is 0 Å². The molecule has 0 fully saturated rings. The summed E-state index contributed by atoms with van der Waals surface area (Å²) >= 11 is 0. The molecule has 0 aliphatic heterocycles. The molecule has 8 heteroatoms. The lowest BCUT2D eigenvalue weighted by Gasteiger charge is -2.07. The monoisotopic (exact) mass is 390 g/mol. The number of halogens is 2. The maximum Gasteiger partial charge on any atom is 0.350 e. The molecule has 2 aromatic carbocycles. The Labute approximate surface area is 162 Å². The topological polar surface area (TPSA) is 75.1 Å². The maximum absolute atomic E-state index is 12.6. The van der Waals surface area contributed by atoms with Crippen molar-refractivity contribution in [2.75, 3.05) is 6.54 Å². The normalized spacial score (nSPS) is 11.1. The molecule has 0 saturated heterocycles. The second-order valence-corrected chi connectivity index (χ2v) is 5.68. The van der Waals surface area contributed by atoms with Gasteiger partial charge >= 0.3 is 5.69 Å². The number of benzene rings is 2. The summed E-state index contributed by atoms with van der Waals surface area (Å²) in [5.41, 5.74) is 7.06. The maximum atomic E-state index is 12.6. The Morgan fingerprint density at radius 3 is 2.48 bits per heavy atom. The van der Waals surface area contributed by atoms with Gasteiger partial charge < -0.3 is 10.5 Å². The quantitative estimate of drug-likeness (QED) is 0.673. The minimum Gasteiger partial charge on any atom is -0.489 e. The number of hydrogen-bond acceptors (Lipinski definition) is 4. The lowest BCUT2D eigenvalue weighted by atomic mass is 10.2. The van der Waals surface area contributed by atoms with Crippen molar-refractivity contribution in [3.05, 3.63) is 88.9 Å². The molecule has 1 heterocycles. The Hall–Kier alpha value is -2.90. The van der Waals surface area contributed by atoms with Gasteiger partial charge in [-0.05, 0) is 35.4 Å². The average Bonchev–Trinajstić information content (AvgIpc) is 3.06. The van der Waals surface area contributed by atoms with Gasteiger partial charge in [0.05, 0.1) is 18.6 Å². The molecule has 0 bridgehead atoms. The predicted molar refractivity (Wildman–Crippen MR) is 104 cm³/mol. The van der Waals surface area contributed by atoms with Gasteiger partial charge in [0.1, 0.15) is 18.7 Å². The van der Waals surface area contributed by atoms with Gasteiger partial charge in [0.2, 0.25) is 0 Å². The Morgan fingerprint density at radius 1 is 1.15 bits per heavy atom. The number of nitrogens with zero attached hydrogens (tertiary/aromatic N) is 3. The molecule has 1 aromatic heterocycles. The van der Waals surface area contributed by atoms with Crippen LogP contribution in [0.4, 0.5) is 4.39 Å². The van der Waals surface area contributed by atoms with E-state index >= 15 is 0 Å². The van der Waals surface area contributed by atoms with Gasteiger partial charge in [-0.1, -0.05) is 30.3 Å². The molecule has 3 rings (SSSR count). The standard InChI is InChI=1S/C19H19FN4O2.ClH/c20-10-16(11-21)12-24-19(25)23(14-22-24)17-6-8-18(9-7-17)26-13-15-4-2-1-3-5-15;/h1-10,14H,11-13,21H2;1H/b16-10+;. The first kappa shape index (κ1) is 20.4. The molecule has 2 N–H and O–H groups in total. The Morgan fingerprint density at radius 2 is 1.85 bits per heavy atom. The fraction of sp³-hybridized carbons (Fsp3) is 0.158. The third-order valence-electron chi connectivity index (χ3n) is 3.87. The van der Waals surface area contributed by atoms with Crippen molar-refractivity contribution in [2.45, 2.75) is 13.2 Å². The van der Waals surface area contributed by atoms with E-state index in [4.69, 9.17) is 10.5 Å². The summed E-state index contributed by atoms with van der Waals surface area (Å²) in [6.07, 6.45) is 1.80. The van der Waals surface area contributed by atoms with Crippen molar-refractivity contribution in [2.24, 2.45) is 5.73 Å². The van der Waals surface area contributed by atoms with Crippen LogP contribution in [0.25, 0.3) is 5.69 Å². The zero-order chi connectivity index (χ0) is 18.4. The highest BCUT2D eigenvalue weighted by Gasteiger charge is 2.08. The van der Waals surface area contributed by atoms with Crippen molar-refractivity contribution in [3.8, 4) is 11.4 Å². The highest BCUT2D eigenvalue weighted by molar-refractivity contribution is 5.85. The van der Waals surface area contributed by atoms with Gasteiger partial charge in [0.25, 0.3) is 0 Å². The van der Waals surface area contributed by atoms with E-state index in [1.807, 2.05) is 30.3 Å². The van der Waals surface area contributed by atoms with E-state index in [2.05, 4.69) is 5.10 Å². The summed E-state index contributed by atoms with van der Waals surface area (Å²) in [6, 6.07) is 17.0. The number of nitrogens with two attached hydrogens (primary N) is 1. The van der Waals surface area contributed by atoms with Crippen molar-refractivity contribution in [1.29, 1.82) is 0 Å². The summed E-state index contributed by atoms with van der Waals surface area (Å²) < 4.78 is 20.9. The highest BCUT2D eigenvalue weighted by atomic mass is 35.5. The summed E-state index contributed by atoms with van der Waals surface area (Å²) in [6.45, 7) is 0.524.